The van der Waals surface area contributed by atoms with Gasteiger partial charge in [0, 0.05) is 6.54 Å². The number of nitrogens with two attached hydrogens (primary N) is 1. The number of hydrogen-bond acceptors (Lipinski definition) is 2. The van der Waals surface area contributed by atoms with Crippen LogP contribution in [0.4, 0.5) is 0 Å². The lowest BCUT2D eigenvalue weighted by Crippen LogP contribution is -2.40. The number of hydrogen-bond donors (Lipinski definition) is 1. The van der Waals surface area contributed by atoms with Gasteiger partial charge in [-0.25, -0.2) is 0 Å². The zero-order valence-electron chi connectivity index (χ0n) is 13.3. The summed E-state index contributed by atoms with van der Waals surface area (Å²) in [5.74, 6) is 0. The first-order chi connectivity index (χ1) is 9.56. The Morgan fingerprint density at radius 1 is 1.00 bits per heavy atom. The molecule has 0 heterocycles. The maximum atomic E-state index is 6.36. The third kappa shape index (κ3) is 3.62. The second-order valence-electron chi connectivity index (χ2n) is 6.47. The van der Waals surface area contributed by atoms with Crippen LogP contribution in [0.1, 0.15) is 60.8 Å². The highest BCUT2D eigenvalue weighted by Gasteiger charge is 2.30. The summed E-state index contributed by atoms with van der Waals surface area (Å²) in [5.41, 5.74) is 11.3. The molecule has 20 heavy (non-hydrogen) atoms. The fraction of sp³-hybridized carbons (Fsp3) is 0.667. The molecule has 2 nitrogen and oxygen atoms in total. The van der Waals surface area contributed by atoms with Crippen LogP contribution in [0.3, 0.4) is 0 Å². The lowest BCUT2D eigenvalue weighted by Gasteiger charge is -2.32. The van der Waals surface area contributed by atoms with Crippen molar-refractivity contribution in [2.45, 2.75) is 71.5 Å². The monoisotopic (exact) mass is 275 g/mol. The van der Waals surface area contributed by atoms with Crippen LogP contribution in [0.5, 0.6) is 0 Å². The van der Waals surface area contributed by atoms with Gasteiger partial charge in [-0.2, -0.15) is 0 Å². The Labute approximate surface area is 123 Å². The second-order valence-corrected chi connectivity index (χ2v) is 6.47. The molecule has 0 aliphatic heterocycles. The molecular weight excluding hydrogens is 246 g/mol. The first-order valence-corrected chi connectivity index (χ1v) is 7.97. The van der Waals surface area contributed by atoms with Crippen molar-refractivity contribution < 1.29 is 4.74 Å². The number of benzene rings is 1. The Hall–Kier alpha value is -0.860. The molecule has 1 aliphatic rings. The third-order valence-corrected chi connectivity index (χ3v) is 4.75. The van der Waals surface area contributed by atoms with Crippen LogP contribution in [0.25, 0.3) is 0 Å². The zero-order valence-corrected chi connectivity index (χ0v) is 13.3. The predicted octanol–water partition coefficient (Wildman–Crippen LogP) is 4.18. The Bertz CT molecular complexity index is 422. The first kappa shape index (κ1) is 15.5. The number of rotatable bonds is 4. The summed E-state index contributed by atoms with van der Waals surface area (Å²) in [6.45, 7) is 7.87. The highest BCUT2D eigenvalue weighted by Crippen LogP contribution is 2.31. The molecule has 0 unspecified atom stereocenters. The molecule has 2 N–H and O–H groups in total. The van der Waals surface area contributed by atoms with Gasteiger partial charge in [-0.3, -0.25) is 0 Å². The van der Waals surface area contributed by atoms with Gasteiger partial charge in [0.05, 0.1) is 12.2 Å². The average molecular weight is 275 g/mol. The Morgan fingerprint density at radius 3 is 2.05 bits per heavy atom. The van der Waals surface area contributed by atoms with Gasteiger partial charge in [0.25, 0.3) is 0 Å². The standard InChI is InChI=1S/C18H29NO/c1-14-10-15(2)17(16(3)11-14)12-20-18(13-19)8-6-4-5-7-9-18/h10-11H,4-9,12-13,19H2,1-3H3. The van der Waals surface area contributed by atoms with Gasteiger partial charge >= 0.3 is 0 Å². The van der Waals surface area contributed by atoms with Crippen molar-refractivity contribution in [1.82, 2.24) is 0 Å². The van der Waals surface area contributed by atoms with Gasteiger partial charge in [-0.05, 0) is 50.3 Å². The van der Waals surface area contributed by atoms with E-state index in [0.717, 1.165) is 12.8 Å². The highest BCUT2D eigenvalue weighted by molar-refractivity contribution is 5.37. The number of aryl methyl sites for hydroxylation is 3. The molecule has 0 spiro atoms. The van der Waals surface area contributed by atoms with Gasteiger partial charge in [0.2, 0.25) is 0 Å². The molecule has 1 saturated carbocycles. The van der Waals surface area contributed by atoms with Crippen molar-refractivity contribution in [3.63, 3.8) is 0 Å². The fourth-order valence-electron chi connectivity index (χ4n) is 3.44. The smallest absolute Gasteiger partial charge is 0.0808 e. The lowest BCUT2D eigenvalue weighted by atomic mass is 9.93. The Kier molecular flexibility index (Phi) is 5.22. The van der Waals surface area contributed by atoms with Gasteiger partial charge < -0.3 is 10.5 Å². The SMILES string of the molecule is Cc1cc(C)c(COC2(CN)CCCCCC2)c(C)c1. The largest absolute Gasteiger partial charge is 0.369 e. The van der Waals surface area contributed by atoms with Crippen LogP contribution in [-0.4, -0.2) is 12.1 Å². The van der Waals surface area contributed by atoms with Gasteiger partial charge in [0.1, 0.15) is 0 Å². The Morgan fingerprint density at radius 2 is 1.55 bits per heavy atom. The van der Waals surface area contributed by atoms with Crippen molar-refractivity contribution in [3.05, 3.63) is 34.4 Å². The fourth-order valence-corrected chi connectivity index (χ4v) is 3.44. The summed E-state index contributed by atoms with van der Waals surface area (Å²) >= 11 is 0. The minimum absolute atomic E-state index is 0.0831. The van der Waals surface area contributed by atoms with Crippen LogP contribution < -0.4 is 5.73 Å². The van der Waals surface area contributed by atoms with E-state index in [1.165, 1.54) is 47.9 Å². The Balaban J connectivity index is 2.10. The molecule has 0 bridgehead atoms. The summed E-state index contributed by atoms with van der Waals surface area (Å²) in [7, 11) is 0. The van der Waals surface area contributed by atoms with Crippen molar-refractivity contribution >= 4 is 0 Å². The molecule has 1 fully saturated rings. The molecule has 0 radical (unpaired) electrons. The van der Waals surface area contributed by atoms with E-state index in [0.29, 0.717) is 13.2 Å². The molecule has 0 saturated heterocycles. The van der Waals surface area contributed by atoms with E-state index in [9.17, 15) is 0 Å². The minimum Gasteiger partial charge on any atom is -0.369 e. The normalized spacial score (nSPS) is 18.8. The summed E-state index contributed by atoms with van der Waals surface area (Å²) in [4.78, 5) is 0. The molecule has 0 amide bonds. The van der Waals surface area contributed by atoms with Crippen LogP contribution in [0.15, 0.2) is 12.1 Å². The summed E-state index contributed by atoms with van der Waals surface area (Å²) in [6.07, 6.45) is 7.40. The lowest BCUT2D eigenvalue weighted by molar-refractivity contribution is -0.0605. The third-order valence-electron chi connectivity index (χ3n) is 4.75. The minimum atomic E-state index is -0.0831. The van der Waals surface area contributed by atoms with Crippen molar-refractivity contribution in [2.24, 2.45) is 5.73 Å². The van der Waals surface area contributed by atoms with Crippen LogP contribution in [0.2, 0.25) is 0 Å². The maximum Gasteiger partial charge on any atom is 0.0808 e. The van der Waals surface area contributed by atoms with Crippen molar-refractivity contribution in [3.8, 4) is 0 Å². The van der Waals surface area contributed by atoms with E-state index < -0.39 is 0 Å². The van der Waals surface area contributed by atoms with E-state index in [1.54, 1.807) is 0 Å². The van der Waals surface area contributed by atoms with E-state index >= 15 is 0 Å². The van der Waals surface area contributed by atoms with E-state index in [2.05, 4.69) is 32.9 Å². The maximum absolute atomic E-state index is 6.36. The quantitative estimate of drug-likeness (QED) is 0.837. The van der Waals surface area contributed by atoms with Gasteiger partial charge in [-0.15, -0.1) is 0 Å². The van der Waals surface area contributed by atoms with Gasteiger partial charge in [0.15, 0.2) is 0 Å². The summed E-state index contributed by atoms with van der Waals surface area (Å²) in [5, 5.41) is 0. The van der Waals surface area contributed by atoms with E-state index in [1.807, 2.05) is 0 Å². The zero-order chi connectivity index (χ0) is 14.6. The summed E-state index contributed by atoms with van der Waals surface area (Å²) in [6, 6.07) is 4.49. The van der Waals surface area contributed by atoms with Crippen LogP contribution in [0, 0.1) is 20.8 Å². The predicted molar refractivity (Wildman–Crippen MR) is 84.9 cm³/mol. The molecule has 2 heteroatoms. The van der Waals surface area contributed by atoms with Crippen LogP contribution in [-0.2, 0) is 11.3 Å². The molecule has 0 aromatic heterocycles. The molecule has 0 atom stereocenters. The molecule has 1 aliphatic carbocycles. The molecule has 112 valence electrons. The summed E-state index contributed by atoms with van der Waals surface area (Å²) < 4.78 is 6.36. The highest BCUT2D eigenvalue weighted by atomic mass is 16.5. The topological polar surface area (TPSA) is 35.2 Å². The van der Waals surface area contributed by atoms with Crippen LogP contribution >= 0.6 is 0 Å². The van der Waals surface area contributed by atoms with E-state index in [4.69, 9.17) is 10.5 Å². The molecular formula is C18H29NO. The first-order valence-electron chi connectivity index (χ1n) is 7.97. The average Bonchev–Trinajstić information content (AvgIpc) is 2.63. The van der Waals surface area contributed by atoms with Crippen molar-refractivity contribution in [2.75, 3.05) is 6.54 Å². The molecule has 1 aromatic carbocycles. The van der Waals surface area contributed by atoms with Gasteiger partial charge in [-0.1, -0.05) is 43.4 Å². The van der Waals surface area contributed by atoms with E-state index in [-0.39, 0.29) is 5.60 Å². The van der Waals surface area contributed by atoms with Crippen molar-refractivity contribution in [1.29, 1.82) is 0 Å². The number of ether oxygens (including phenoxy) is 1. The molecule has 1 aromatic rings. The second kappa shape index (κ2) is 6.73. The molecule has 2 rings (SSSR count).